The van der Waals surface area contributed by atoms with E-state index in [1.54, 1.807) is 0 Å². The van der Waals surface area contributed by atoms with E-state index in [-0.39, 0.29) is 5.91 Å². The molecule has 8 nitrogen and oxygen atoms in total. The molecule has 26 heavy (non-hydrogen) atoms. The lowest BCUT2D eigenvalue weighted by atomic mass is 9.94. The van der Waals surface area contributed by atoms with E-state index in [0.717, 1.165) is 38.2 Å². The van der Waals surface area contributed by atoms with E-state index in [4.69, 9.17) is 4.74 Å². The Kier molecular flexibility index (Phi) is 5.03. The van der Waals surface area contributed by atoms with Crippen molar-refractivity contribution in [1.82, 2.24) is 29.8 Å². The molecular weight excluding hydrogens is 332 g/mol. The van der Waals surface area contributed by atoms with Crippen LogP contribution in [0.2, 0.25) is 0 Å². The van der Waals surface area contributed by atoms with Crippen molar-refractivity contribution in [3.05, 3.63) is 35.4 Å². The minimum absolute atomic E-state index is 0.00109. The van der Waals surface area contributed by atoms with Crippen molar-refractivity contribution < 1.29 is 9.53 Å². The maximum Gasteiger partial charge on any atom is 0.274 e. The molecule has 4 rings (SSSR count). The molecule has 2 aromatic rings. The number of piperidine rings is 1. The molecule has 0 saturated carbocycles. The quantitative estimate of drug-likeness (QED) is 0.882. The number of ether oxygens (including phenoxy) is 1. The van der Waals surface area contributed by atoms with Crippen molar-refractivity contribution in [2.45, 2.75) is 25.3 Å². The Balaban J connectivity index is 1.39. The van der Waals surface area contributed by atoms with Gasteiger partial charge in [-0.15, -0.1) is 0 Å². The van der Waals surface area contributed by atoms with Gasteiger partial charge >= 0.3 is 0 Å². The number of H-pyrrole nitrogens is 1. The summed E-state index contributed by atoms with van der Waals surface area (Å²) >= 11 is 0. The second kappa shape index (κ2) is 7.59. The molecule has 0 spiro atoms. The Morgan fingerprint density at radius 3 is 2.96 bits per heavy atom. The van der Waals surface area contributed by atoms with Gasteiger partial charge < -0.3 is 9.64 Å². The number of hydrogen-bond donors (Lipinski definition) is 1. The molecule has 2 aromatic heterocycles. The number of carbonyl (C=O) groups is 1. The SMILES string of the molecule is Cn1cc(CN2CCC[C@@H](c3cc(C(=O)N4CCOCC4)n[nH]3)C2)cn1. The number of aryl methyl sites for hydroxylation is 1. The van der Waals surface area contributed by atoms with Crippen molar-refractivity contribution in [1.29, 1.82) is 0 Å². The maximum absolute atomic E-state index is 12.6. The van der Waals surface area contributed by atoms with Crippen LogP contribution in [-0.2, 0) is 18.3 Å². The third-order valence-electron chi connectivity index (χ3n) is 5.22. The van der Waals surface area contributed by atoms with E-state index >= 15 is 0 Å². The van der Waals surface area contributed by atoms with Crippen molar-refractivity contribution in [2.24, 2.45) is 7.05 Å². The summed E-state index contributed by atoms with van der Waals surface area (Å²) in [7, 11) is 1.94. The van der Waals surface area contributed by atoms with Crippen LogP contribution in [0.25, 0.3) is 0 Å². The number of amides is 1. The first-order chi connectivity index (χ1) is 12.7. The maximum atomic E-state index is 12.6. The van der Waals surface area contributed by atoms with Gasteiger partial charge in [0.05, 0.1) is 19.4 Å². The largest absolute Gasteiger partial charge is 0.378 e. The summed E-state index contributed by atoms with van der Waals surface area (Å²) in [6.07, 6.45) is 6.27. The zero-order valence-electron chi connectivity index (χ0n) is 15.2. The van der Waals surface area contributed by atoms with Gasteiger partial charge in [-0.2, -0.15) is 10.2 Å². The zero-order chi connectivity index (χ0) is 17.9. The van der Waals surface area contributed by atoms with E-state index in [2.05, 4.69) is 26.4 Å². The molecule has 2 aliphatic rings. The second-order valence-electron chi connectivity index (χ2n) is 7.21. The van der Waals surface area contributed by atoms with E-state index in [9.17, 15) is 4.79 Å². The van der Waals surface area contributed by atoms with Crippen LogP contribution < -0.4 is 0 Å². The second-order valence-corrected chi connectivity index (χ2v) is 7.21. The Morgan fingerprint density at radius 2 is 2.19 bits per heavy atom. The fraction of sp³-hybridized carbons (Fsp3) is 0.611. The number of aromatic nitrogens is 4. The van der Waals surface area contributed by atoms with Crippen LogP contribution in [0.15, 0.2) is 18.5 Å². The summed E-state index contributed by atoms with van der Waals surface area (Å²) in [5, 5.41) is 11.7. The highest BCUT2D eigenvalue weighted by Gasteiger charge is 2.26. The van der Waals surface area contributed by atoms with Crippen molar-refractivity contribution >= 4 is 5.91 Å². The van der Waals surface area contributed by atoms with Crippen molar-refractivity contribution in [3.8, 4) is 0 Å². The third kappa shape index (κ3) is 3.81. The van der Waals surface area contributed by atoms with Crippen LogP contribution in [0.3, 0.4) is 0 Å². The third-order valence-corrected chi connectivity index (χ3v) is 5.22. The predicted molar refractivity (Wildman–Crippen MR) is 95.8 cm³/mol. The van der Waals surface area contributed by atoms with Crippen LogP contribution in [0.4, 0.5) is 0 Å². The molecule has 0 aromatic carbocycles. The fourth-order valence-corrected chi connectivity index (χ4v) is 3.85. The number of rotatable bonds is 4. The Bertz CT molecular complexity index is 748. The van der Waals surface area contributed by atoms with Gasteiger partial charge in [-0.05, 0) is 25.5 Å². The number of nitrogens with zero attached hydrogens (tertiary/aromatic N) is 5. The van der Waals surface area contributed by atoms with Gasteiger partial charge in [-0.1, -0.05) is 0 Å². The number of aromatic amines is 1. The first-order valence-corrected chi connectivity index (χ1v) is 9.31. The van der Waals surface area contributed by atoms with E-state index in [1.165, 1.54) is 5.56 Å². The molecular formula is C18H26N6O2. The number of nitrogens with one attached hydrogen (secondary N) is 1. The van der Waals surface area contributed by atoms with E-state index < -0.39 is 0 Å². The van der Waals surface area contributed by atoms with Crippen LogP contribution in [0.1, 0.15) is 40.5 Å². The van der Waals surface area contributed by atoms with Crippen LogP contribution >= 0.6 is 0 Å². The van der Waals surface area contributed by atoms with Crippen LogP contribution in [-0.4, -0.2) is 75.1 Å². The summed E-state index contributed by atoms with van der Waals surface area (Å²) in [6.45, 7) is 5.48. The lowest BCUT2D eigenvalue weighted by molar-refractivity contribution is 0.0299. The highest BCUT2D eigenvalue weighted by atomic mass is 16.5. The van der Waals surface area contributed by atoms with Gasteiger partial charge in [0.25, 0.3) is 5.91 Å². The van der Waals surface area contributed by atoms with Gasteiger partial charge in [0.2, 0.25) is 0 Å². The molecule has 0 radical (unpaired) electrons. The van der Waals surface area contributed by atoms with Crippen LogP contribution in [0.5, 0.6) is 0 Å². The molecule has 1 atom stereocenters. The number of morpholine rings is 1. The summed E-state index contributed by atoms with van der Waals surface area (Å²) in [4.78, 5) is 16.8. The summed E-state index contributed by atoms with van der Waals surface area (Å²) < 4.78 is 7.16. The summed E-state index contributed by atoms with van der Waals surface area (Å²) in [6, 6.07) is 1.94. The molecule has 2 fully saturated rings. The highest BCUT2D eigenvalue weighted by Crippen LogP contribution is 2.27. The van der Waals surface area contributed by atoms with Gasteiger partial charge in [0.15, 0.2) is 0 Å². The lowest BCUT2D eigenvalue weighted by Gasteiger charge is -2.31. The van der Waals surface area contributed by atoms with E-state index in [0.29, 0.717) is 37.9 Å². The van der Waals surface area contributed by atoms with Gasteiger partial charge in [-0.3, -0.25) is 19.5 Å². The number of hydrogen-bond acceptors (Lipinski definition) is 5. The number of carbonyl (C=O) groups excluding carboxylic acids is 1. The summed E-state index contributed by atoms with van der Waals surface area (Å²) in [5.74, 6) is 0.387. The Morgan fingerprint density at radius 1 is 1.35 bits per heavy atom. The van der Waals surface area contributed by atoms with Gasteiger partial charge in [0, 0.05) is 56.6 Å². The molecule has 2 aliphatic heterocycles. The minimum Gasteiger partial charge on any atom is -0.378 e. The average molecular weight is 358 g/mol. The predicted octanol–water partition coefficient (Wildman–Crippen LogP) is 0.995. The molecule has 140 valence electrons. The normalized spacial score (nSPS) is 21.9. The Hall–Kier alpha value is -2.19. The molecule has 8 heteroatoms. The average Bonchev–Trinajstić information content (AvgIpc) is 3.31. The van der Waals surface area contributed by atoms with Crippen molar-refractivity contribution in [2.75, 3.05) is 39.4 Å². The monoisotopic (exact) mass is 358 g/mol. The van der Waals surface area contributed by atoms with Crippen molar-refractivity contribution in [3.63, 3.8) is 0 Å². The minimum atomic E-state index is -0.00109. The fourth-order valence-electron chi connectivity index (χ4n) is 3.85. The zero-order valence-corrected chi connectivity index (χ0v) is 15.2. The molecule has 1 amide bonds. The molecule has 0 bridgehead atoms. The summed E-state index contributed by atoms with van der Waals surface area (Å²) in [5.41, 5.74) is 2.82. The Labute approximate surface area is 153 Å². The first-order valence-electron chi connectivity index (χ1n) is 9.31. The highest BCUT2D eigenvalue weighted by molar-refractivity contribution is 5.92. The number of likely N-dealkylation sites (tertiary alicyclic amines) is 1. The van der Waals surface area contributed by atoms with E-state index in [1.807, 2.05) is 28.9 Å². The lowest BCUT2D eigenvalue weighted by Crippen LogP contribution is -2.40. The molecule has 0 aliphatic carbocycles. The van der Waals surface area contributed by atoms with Gasteiger partial charge in [-0.25, -0.2) is 0 Å². The molecule has 0 unspecified atom stereocenters. The first kappa shape index (κ1) is 17.2. The smallest absolute Gasteiger partial charge is 0.274 e. The topological polar surface area (TPSA) is 79.3 Å². The molecule has 2 saturated heterocycles. The molecule has 1 N–H and O–H groups in total. The van der Waals surface area contributed by atoms with Gasteiger partial charge in [0.1, 0.15) is 5.69 Å². The molecule has 4 heterocycles. The standard InChI is InChI=1S/C18H26N6O2/c1-22-11-14(10-19-22)12-23-4-2-3-15(13-23)16-9-17(21-20-16)18(25)24-5-7-26-8-6-24/h9-11,15H,2-8,12-13H2,1H3,(H,20,21)/t15-/m1/s1. The van der Waals surface area contributed by atoms with Crippen LogP contribution in [0, 0.1) is 0 Å².